The number of benzene rings is 1. The summed E-state index contributed by atoms with van der Waals surface area (Å²) in [5.41, 5.74) is 7.38. The van der Waals surface area contributed by atoms with E-state index in [2.05, 4.69) is 5.32 Å². The molecule has 1 fully saturated rings. The van der Waals surface area contributed by atoms with Crippen LogP contribution in [0.1, 0.15) is 12.8 Å². The van der Waals surface area contributed by atoms with Crippen molar-refractivity contribution in [3.05, 3.63) is 18.2 Å². The Balaban J connectivity index is 1.89. The molecule has 1 saturated carbocycles. The molecule has 4 heteroatoms. The number of ether oxygens (including phenoxy) is 1. The molecule has 0 amide bonds. The minimum atomic E-state index is -0.0900. The predicted molar refractivity (Wildman–Crippen MR) is 64.6 cm³/mol. The summed E-state index contributed by atoms with van der Waals surface area (Å²) in [4.78, 5) is 0. The van der Waals surface area contributed by atoms with Crippen LogP contribution in [0.15, 0.2) is 18.2 Å². The highest BCUT2D eigenvalue weighted by atomic mass is 16.5. The molecule has 4 nitrogen and oxygen atoms in total. The molecule has 0 bridgehead atoms. The third-order valence-electron chi connectivity index (χ3n) is 3.04. The fraction of sp³-hybridized carbons (Fsp3) is 0.500. The van der Waals surface area contributed by atoms with Gasteiger partial charge in [-0.05, 0) is 30.9 Å². The molecule has 88 valence electrons. The maximum Gasteiger partial charge on any atom is 0.143 e. The molecule has 4 N–H and O–H groups in total. The number of hydrogen-bond acceptors (Lipinski definition) is 4. The summed E-state index contributed by atoms with van der Waals surface area (Å²) in [6.45, 7) is 0.893. The van der Waals surface area contributed by atoms with Gasteiger partial charge in [-0.25, -0.2) is 0 Å². The molecule has 1 aliphatic rings. The van der Waals surface area contributed by atoms with Gasteiger partial charge in [0, 0.05) is 18.3 Å². The molecular weight excluding hydrogens is 204 g/mol. The first-order chi connectivity index (χ1) is 7.69. The van der Waals surface area contributed by atoms with Gasteiger partial charge in [0.25, 0.3) is 0 Å². The van der Waals surface area contributed by atoms with Gasteiger partial charge >= 0.3 is 0 Å². The van der Waals surface area contributed by atoms with Crippen LogP contribution in [-0.4, -0.2) is 24.9 Å². The Labute approximate surface area is 95.4 Å². The van der Waals surface area contributed by atoms with Gasteiger partial charge in [0.2, 0.25) is 0 Å². The maximum absolute atomic E-state index is 9.17. The summed E-state index contributed by atoms with van der Waals surface area (Å²) in [5, 5.41) is 12.5. The maximum atomic E-state index is 9.17. The van der Waals surface area contributed by atoms with Gasteiger partial charge in [0.1, 0.15) is 5.75 Å². The van der Waals surface area contributed by atoms with E-state index in [1.807, 2.05) is 18.2 Å². The van der Waals surface area contributed by atoms with Gasteiger partial charge < -0.3 is 20.9 Å². The van der Waals surface area contributed by atoms with Crippen LogP contribution in [0, 0.1) is 5.92 Å². The second-order valence-electron chi connectivity index (χ2n) is 4.33. The summed E-state index contributed by atoms with van der Waals surface area (Å²) >= 11 is 0. The fourth-order valence-electron chi connectivity index (χ4n) is 1.95. The van der Waals surface area contributed by atoms with E-state index in [1.54, 1.807) is 7.11 Å². The smallest absolute Gasteiger partial charge is 0.143 e. The SMILES string of the molecule is COc1cc(NCC2CC(O)C2)ccc1N. The van der Waals surface area contributed by atoms with Crippen molar-refractivity contribution in [2.24, 2.45) is 5.92 Å². The first-order valence-electron chi connectivity index (χ1n) is 5.54. The second-order valence-corrected chi connectivity index (χ2v) is 4.33. The number of nitrogens with two attached hydrogens (primary N) is 1. The Morgan fingerprint density at radius 3 is 2.88 bits per heavy atom. The number of nitrogen functional groups attached to an aromatic ring is 1. The summed E-state index contributed by atoms with van der Waals surface area (Å²) < 4.78 is 5.14. The van der Waals surface area contributed by atoms with Crippen molar-refractivity contribution in [2.75, 3.05) is 24.7 Å². The van der Waals surface area contributed by atoms with E-state index >= 15 is 0 Å². The van der Waals surface area contributed by atoms with Gasteiger partial charge in [-0.3, -0.25) is 0 Å². The molecule has 0 heterocycles. The number of anilines is 2. The van der Waals surface area contributed by atoms with Crippen LogP contribution >= 0.6 is 0 Å². The highest BCUT2D eigenvalue weighted by molar-refractivity contribution is 5.61. The highest BCUT2D eigenvalue weighted by Crippen LogP contribution is 2.29. The molecule has 1 aromatic carbocycles. The lowest BCUT2D eigenvalue weighted by Gasteiger charge is -2.31. The summed E-state index contributed by atoms with van der Waals surface area (Å²) in [7, 11) is 1.61. The highest BCUT2D eigenvalue weighted by Gasteiger charge is 2.26. The zero-order chi connectivity index (χ0) is 11.5. The lowest BCUT2D eigenvalue weighted by atomic mass is 9.82. The number of rotatable bonds is 4. The third-order valence-corrected chi connectivity index (χ3v) is 3.04. The number of aliphatic hydroxyl groups is 1. The third kappa shape index (κ3) is 2.39. The van der Waals surface area contributed by atoms with Crippen molar-refractivity contribution >= 4 is 11.4 Å². The van der Waals surface area contributed by atoms with Crippen LogP contribution in [-0.2, 0) is 0 Å². The topological polar surface area (TPSA) is 67.5 Å². The van der Waals surface area contributed by atoms with E-state index in [-0.39, 0.29) is 6.10 Å². The number of methoxy groups -OCH3 is 1. The summed E-state index contributed by atoms with van der Waals surface area (Å²) in [6.07, 6.45) is 1.71. The molecule has 1 aliphatic carbocycles. The molecule has 0 saturated heterocycles. The number of nitrogens with one attached hydrogen (secondary N) is 1. The van der Waals surface area contributed by atoms with Crippen LogP contribution in [0.25, 0.3) is 0 Å². The Morgan fingerprint density at radius 1 is 1.50 bits per heavy atom. The number of hydrogen-bond donors (Lipinski definition) is 3. The van der Waals surface area contributed by atoms with E-state index in [4.69, 9.17) is 15.6 Å². The molecule has 0 aliphatic heterocycles. The first-order valence-corrected chi connectivity index (χ1v) is 5.54. The van der Waals surface area contributed by atoms with Gasteiger partial charge in [-0.2, -0.15) is 0 Å². The van der Waals surface area contributed by atoms with Crippen molar-refractivity contribution in [1.29, 1.82) is 0 Å². The van der Waals surface area contributed by atoms with Crippen LogP contribution in [0.4, 0.5) is 11.4 Å². The van der Waals surface area contributed by atoms with Crippen LogP contribution in [0.2, 0.25) is 0 Å². The molecule has 16 heavy (non-hydrogen) atoms. The van der Waals surface area contributed by atoms with Crippen molar-refractivity contribution in [2.45, 2.75) is 18.9 Å². The van der Waals surface area contributed by atoms with Crippen molar-refractivity contribution < 1.29 is 9.84 Å². The average molecular weight is 222 g/mol. The Bertz CT molecular complexity index is 362. The molecule has 0 atom stereocenters. The van der Waals surface area contributed by atoms with Crippen LogP contribution in [0.3, 0.4) is 0 Å². The van der Waals surface area contributed by atoms with Crippen molar-refractivity contribution in [3.8, 4) is 5.75 Å². The molecule has 2 rings (SSSR count). The molecular formula is C12H18N2O2. The summed E-state index contributed by atoms with van der Waals surface area (Å²) in [5.74, 6) is 1.28. The van der Waals surface area contributed by atoms with E-state index in [0.717, 1.165) is 25.1 Å². The minimum absolute atomic E-state index is 0.0900. The molecule has 1 aromatic rings. The Kier molecular flexibility index (Phi) is 3.19. The van der Waals surface area contributed by atoms with E-state index < -0.39 is 0 Å². The number of aliphatic hydroxyl groups excluding tert-OH is 1. The molecule has 0 radical (unpaired) electrons. The van der Waals surface area contributed by atoms with Gasteiger partial charge in [0.15, 0.2) is 0 Å². The van der Waals surface area contributed by atoms with Crippen LogP contribution in [0.5, 0.6) is 5.75 Å². The van der Waals surface area contributed by atoms with Crippen molar-refractivity contribution in [3.63, 3.8) is 0 Å². The molecule has 0 unspecified atom stereocenters. The fourth-order valence-corrected chi connectivity index (χ4v) is 1.95. The summed E-state index contributed by atoms with van der Waals surface area (Å²) in [6, 6.07) is 5.66. The minimum Gasteiger partial charge on any atom is -0.495 e. The average Bonchev–Trinajstić information content (AvgIpc) is 2.24. The van der Waals surface area contributed by atoms with E-state index in [1.165, 1.54) is 0 Å². The standard InChI is InChI=1S/C12H18N2O2/c1-16-12-6-9(2-3-11(12)13)14-7-8-4-10(15)5-8/h2-3,6,8,10,14-15H,4-5,7,13H2,1H3. The Hall–Kier alpha value is -1.42. The largest absolute Gasteiger partial charge is 0.495 e. The quantitative estimate of drug-likeness (QED) is 0.675. The second kappa shape index (κ2) is 4.61. The van der Waals surface area contributed by atoms with Crippen LogP contribution < -0.4 is 15.8 Å². The van der Waals surface area contributed by atoms with Gasteiger partial charge in [-0.15, -0.1) is 0 Å². The predicted octanol–water partition coefficient (Wildman–Crippen LogP) is 1.46. The normalized spacial score (nSPS) is 23.6. The lowest BCUT2D eigenvalue weighted by molar-refractivity contribution is 0.0487. The molecule has 0 aromatic heterocycles. The van der Waals surface area contributed by atoms with Gasteiger partial charge in [-0.1, -0.05) is 0 Å². The van der Waals surface area contributed by atoms with E-state index in [0.29, 0.717) is 17.4 Å². The monoisotopic (exact) mass is 222 g/mol. The zero-order valence-electron chi connectivity index (χ0n) is 9.44. The molecule has 0 spiro atoms. The first kappa shape index (κ1) is 11.1. The van der Waals surface area contributed by atoms with Gasteiger partial charge in [0.05, 0.1) is 18.9 Å². The van der Waals surface area contributed by atoms with Crippen molar-refractivity contribution in [1.82, 2.24) is 0 Å². The van der Waals surface area contributed by atoms with E-state index in [9.17, 15) is 0 Å². The Morgan fingerprint density at radius 2 is 2.25 bits per heavy atom. The zero-order valence-corrected chi connectivity index (χ0v) is 9.44. The lowest BCUT2D eigenvalue weighted by Crippen LogP contribution is -2.33.